The summed E-state index contributed by atoms with van der Waals surface area (Å²) in [5, 5.41) is 16.7. The molecule has 0 rings (SSSR count). The number of Topliss-reactive ketones (excluding diaryl/α,β-unsaturated/α-hetero) is 1. The molecule has 4 heteroatoms. The highest BCUT2D eigenvalue weighted by Crippen LogP contribution is 1.96. The normalized spacial score (nSPS) is 11.2. The van der Waals surface area contributed by atoms with Crippen molar-refractivity contribution in [1.29, 1.82) is 0 Å². The Bertz CT molecular complexity index is 193. The van der Waals surface area contributed by atoms with E-state index in [0.29, 0.717) is 0 Å². The minimum atomic E-state index is -1.37. The fourth-order valence-corrected chi connectivity index (χ4v) is 0.499. The lowest BCUT2D eigenvalue weighted by Gasteiger charge is -1.90. The predicted octanol–water partition coefficient (Wildman–Crippen LogP) is 0.882. The second-order valence-electron chi connectivity index (χ2n) is 2.14. The largest absolute Gasteiger partial charge is 0.502 e. The van der Waals surface area contributed by atoms with Gasteiger partial charge in [-0.2, -0.15) is 0 Å². The highest BCUT2D eigenvalue weighted by molar-refractivity contribution is 5.83. The van der Waals surface area contributed by atoms with Gasteiger partial charge in [0.1, 0.15) is 5.78 Å². The van der Waals surface area contributed by atoms with Gasteiger partial charge >= 0.3 is 5.97 Å². The number of ketones is 1. The summed E-state index contributed by atoms with van der Waals surface area (Å²) in [5.74, 6) is -2.10. The first-order chi connectivity index (χ1) is 5.04. The molecule has 0 aromatic heterocycles. The van der Waals surface area contributed by atoms with Gasteiger partial charge in [0.05, 0.1) is 0 Å². The Morgan fingerprint density at radius 3 is 2.27 bits per heavy atom. The van der Waals surface area contributed by atoms with Gasteiger partial charge < -0.3 is 15.0 Å². The Kier molecular flexibility index (Phi) is 3.95. The molecular weight excluding hydrogens is 148 g/mol. The van der Waals surface area contributed by atoms with Crippen LogP contribution in [-0.2, 0) is 9.59 Å². The highest BCUT2D eigenvalue weighted by atomic mass is 16.4. The lowest BCUT2D eigenvalue weighted by molar-refractivity contribution is -0.135. The van der Waals surface area contributed by atoms with Gasteiger partial charge in [0.25, 0.3) is 0 Å². The van der Waals surface area contributed by atoms with E-state index in [2.05, 4.69) is 0 Å². The maximum atomic E-state index is 10.3. The number of hydrogen-bond acceptors (Lipinski definition) is 3. The Morgan fingerprint density at radius 1 is 1.36 bits per heavy atom. The van der Waals surface area contributed by atoms with E-state index >= 15 is 0 Å². The Morgan fingerprint density at radius 2 is 1.91 bits per heavy atom. The molecule has 0 unspecified atom stereocenters. The molecule has 0 heterocycles. The van der Waals surface area contributed by atoms with E-state index in [0.717, 1.165) is 6.08 Å². The molecule has 0 aliphatic carbocycles. The Hall–Kier alpha value is -1.32. The van der Waals surface area contributed by atoms with Crippen LogP contribution < -0.4 is 0 Å². The molecule has 0 saturated carbocycles. The standard InChI is InChI=1S/C7H10O4/c1-5(8)3-2-4-6(9)7(10)11/h4,9H,2-3H2,1H3,(H,10,11)/b6-4+. The van der Waals surface area contributed by atoms with E-state index in [-0.39, 0.29) is 18.6 Å². The number of carbonyl (C=O) groups excluding carboxylic acids is 1. The summed E-state index contributed by atoms with van der Waals surface area (Å²) in [4.78, 5) is 20.3. The van der Waals surface area contributed by atoms with Crippen LogP contribution in [0.2, 0.25) is 0 Å². The lowest BCUT2D eigenvalue weighted by atomic mass is 10.2. The molecule has 0 atom stereocenters. The third-order valence-corrected chi connectivity index (χ3v) is 1.05. The average Bonchev–Trinajstić information content (AvgIpc) is 1.86. The molecule has 0 aliphatic rings. The fourth-order valence-electron chi connectivity index (χ4n) is 0.499. The molecule has 0 saturated heterocycles. The maximum absolute atomic E-state index is 10.3. The SMILES string of the molecule is CC(=O)CC/C=C(/O)C(=O)O. The zero-order valence-electron chi connectivity index (χ0n) is 6.20. The molecule has 11 heavy (non-hydrogen) atoms. The maximum Gasteiger partial charge on any atom is 0.370 e. The van der Waals surface area contributed by atoms with E-state index in [9.17, 15) is 9.59 Å². The van der Waals surface area contributed by atoms with E-state index in [1.54, 1.807) is 0 Å². The average molecular weight is 158 g/mol. The zero-order chi connectivity index (χ0) is 8.85. The van der Waals surface area contributed by atoms with Crippen molar-refractivity contribution >= 4 is 11.8 Å². The summed E-state index contributed by atoms with van der Waals surface area (Å²) in [6.07, 6.45) is 1.65. The van der Waals surface area contributed by atoms with Crippen LogP contribution in [0.25, 0.3) is 0 Å². The van der Waals surface area contributed by atoms with Crippen LogP contribution in [0.15, 0.2) is 11.8 Å². The van der Waals surface area contributed by atoms with Crippen LogP contribution in [0, 0.1) is 0 Å². The number of aliphatic carboxylic acids is 1. The number of aliphatic hydroxyl groups excluding tert-OH is 1. The van der Waals surface area contributed by atoms with Crippen LogP contribution >= 0.6 is 0 Å². The van der Waals surface area contributed by atoms with Crippen molar-refractivity contribution < 1.29 is 19.8 Å². The first-order valence-electron chi connectivity index (χ1n) is 3.16. The van der Waals surface area contributed by atoms with Gasteiger partial charge in [0, 0.05) is 6.42 Å². The number of allylic oxidation sites excluding steroid dienone is 1. The molecule has 0 spiro atoms. The van der Waals surface area contributed by atoms with Crippen molar-refractivity contribution in [2.75, 3.05) is 0 Å². The summed E-state index contributed by atoms with van der Waals surface area (Å²) in [6, 6.07) is 0. The van der Waals surface area contributed by atoms with E-state index < -0.39 is 11.7 Å². The monoisotopic (exact) mass is 158 g/mol. The van der Waals surface area contributed by atoms with Gasteiger partial charge in [-0.3, -0.25) is 0 Å². The van der Waals surface area contributed by atoms with Crippen LogP contribution in [0.1, 0.15) is 19.8 Å². The predicted molar refractivity (Wildman–Crippen MR) is 38.3 cm³/mol. The van der Waals surface area contributed by atoms with Crippen molar-refractivity contribution in [2.45, 2.75) is 19.8 Å². The second kappa shape index (κ2) is 4.49. The summed E-state index contributed by atoms with van der Waals surface area (Å²) in [5.41, 5.74) is 0. The minimum absolute atomic E-state index is 0.0283. The van der Waals surface area contributed by atoms with Gasteiger partial charge in [0.2, 0.25) is 0 Å². The number of rotatable bonds is 4. The van der Waals surface area contributed by atoms with Gasteiger partial charge in [-0.15, -0.1) is 0 Å². The molecular formula is C7H10O4. The van der Waals surface area contributed by atoms with Crippen LogP contribution in [-0.4, -0.2) is 22.0 Å². The Labute approximate surface area is 64.2 Å². The molecule has 0 aromatic carbocycles. The first-order valence-corrected chi connectivity index (χ1v) is 3.16. The van der Waals surface area contributed by atoms with Gasteiger partial charge in [0.15, 0.2) is 5.76 Å². The quantitative estimate of drug-likeness (QED) is 0.470. The van der Waals surface area contributed by atoms with Crippen LogP contribution in [0.3, 0.4) is 0 Å². The van der Waals surface area contributed by atoms with E-state index in [1.165, 1.54) is 6.92 Å². The molecule has 4 nitrogen and oxygen atoms in total. The van der Waals surface area contributed by atoms with Gasteiger partial charge in [-0.25, -0.2) is 4.79 Å². The smallest absolute Gasteiger partial charge is 0.370 e. The fraction of sp³-hybridized carbons (Fsp3) is 0.429. The summed E-state index contributed by atoms with van der Waals surface area (Å²) < 4.78 is 0. The van der Waals surface area contributed by atoms with Crippen molar-refractivity contribution in [1.82, 2.24) is 0 Å². The third kappa shape index (κ3) is 5.14. The Balaban J connectivity index is 3.74. The van der Waals surface area contributed by atoms with Crippen molar-refractivity contribution in [2.24, 2.45) is 0 Å². The van der Waals surface area contributed by atoms with Crippen LogP contribution in [0.5, 0.6) is 0 Å². The summed E-state index contributed by atoms with van der Waals surface area (Å²) in [7, 11) is 0. The summed E-state index contributed by atoms with van der Waals surface area (Å²) in [6.45, 7) is 1.41. The zero-order valence-corrected chi connectivity index (χ0v) is 6.20. The molecule has 0 aliphatic heterocycles. The number of carboxylic acids is 1. The molecule has 62 valence electrons. The number of hydrogen-bond donors (Lipinski definition) is 2. The molecule has 2 N–H and O–H groups in total. The molecule has 0 bridgehead atoms. The second-order valence-corrected chi connectivity index (χ2v) is 2.14. The van der Waals surface area contributed by atoms with Crippen molar-refractivity contribution in [3.63, 3.8) is 0 Å². The third-order valence-electron chi connectivity index (χ3n) is 1.05. The highest BCUT2D eigenvalue weighted by Gasteiger charge is 2.01. The molecule has 0 fully saturated rings. The lowest BCUT2D eigenvalue weighted by Crippen LogP contribution is -1.99. The first kappa shape index (κ1) is 9.68. The van der Waals surface area contributed by atoms with Crippen molar-refractivity contribution in [3.05, 3.63) is 11.8 Å². The number of aliphatic hydroxyl groups is 1. The minimum Gasteiger partial charge on any atom is -0.502 e. The number of carbonyl (C=O) groups is 2. The number of carboxylic acid groups (broad SMARTS) is 1. The molecule has 0 aromatic rings. The van der Waals surface area contributed by atoms with E-state index in [4.69, 9.17) is 10.2 Å². The molecule has 0 radical (unpaired) electrons. The van der Waals surface area contributed by atoms with Gasteiger partial charge in [-0.05, 0) is 19.4 Å². The summed E-state index contributed by atoms with van der Waals surface area (Å²) >= 11 is 0. The molecule has 0 amide bonds. The van der Waals surface area contributed by atoms with Crippen LogP contribution in [0.4, 0.5) is 0 Å². The topological polar surface area (TPSA) is 74.6 Å². The van der Waals surface area contributed by atoms with Gasteiger partial charge in [-0.1, -0.05) is 0 Å². The van der Waals surface area contributed by atoms with E-state index in [1.807, 2.05) is 0 Å². The van der Waals surface area contributed by atoms with Crippen molar-refractivity contribution in [3.8, 4) is 0 Å².